The van der Waals surface area contributed by atoms with Crippen molar-refractivity contribution < 1.29 is 9.31 Å². The van der Waals surface area contributed by atoms with E-state index in [-0.39, 0.29) is 16.2 Å². The van der Waals surface area contributed by atoms with Gasteiger partial charge in [0, 0.05) is 16.5 Å². The number of benzene rings is 5. The third-order valence-corrected chi connectivity index (χ3v) is 11.5. The maximum absolute atomic E-state index is 6.62. The number of fused-ring (bicyclic) bond motifs is 3. The normalized spacial score (nSPS) is 16.3. The van der Waals surface area contributed by atoms with Crippen molar-refractivity contribution in [2.75, 3.05) is 0 Å². The van der Waals surface area contributed by atoms with E-state index < -0.39 is 18.3 Å². The van der Waals surface area contributed by atoms with E-state index in [4.69, 9.17) is 9.31 Å². The van der Waals surface area contributed by atoms with E-state index in [1.807, 2.05) is 0 Å². The van der Waals surface area contributed by atoms with E-state index in [1.165, 1.54) is 60.8 Å². The summed E-state index contributed by atoms with van der Waals surface area (Å²) in [6, 6.07) is 39.0. The van der Waals surface area contributed by atoms with Crippen LogP contribution in [0.2, 0.25) is 0 Å². The molecule has 0 spiro atoms. The Kier molecular flexibility index (Phi) is 8.52. The van der Waals surface area contributed by atoms with Crippen LogP contribution in [0, 0.1) is 0 Å². The largest absolute Gasteiger partial charge is 0.494 e. The van der Waals surface area contributed by atoms with Crippen LogP contribution in [0.5, 0.6) is 0 Å². The molecule has 0 saturated carbocycles. The maximum Gasteiger partial charge on any atom is 0.494 e. The Balaban J connectivity index is 1.45. The lowest BCUT2D eigenvalue weighted by molar-refractivity contribution is 0.00578. The zero-order valence-electron chi connectivity index (χ0n) is 33.7. The average Bonchev–Trinajstić information content (AvgIpc) is 3.51. The summed E-state index contributed by atoms with van der Waals surface area (Å²) in [6.07, 6.45) is 0. The van der Waals surface area contributed by atoms with Crippen LogP contribution in [0.25, 0.3) is 49.7 Å². The Hall–Kier alpha value is -4.12. The molecule has 7 rings (SSSR count). The van der Waals surface area contributed by atoms with Gasteiger partial charge in [-0.1, -0.05) is 129 Å². The Morgan fingerprint density at radius 1 is 0.442 bits per heavy atom. The molecule has 0 bridgehead atoms. The highest BCUT2D eigenvalue weighted by Gasteiger charge is 2.52. The van der Waals surface area contributed by atoms with Gasteiger partial charge in [-0.3, -0.25) is 0 Å². The number of aromatic nitrogens is 1. The quantitative estimate of drug-likeness (QED) is 0.172. The monoisotopic (exact) mass is 689 g/mol. The molecule has 4 heteroatoms. The van der Waals surface area contributed by atoms with Crippen LogP contribution in [0.3, 0.4) is 0 Å². The van der Waals surface area contributed by atoms with E-state index >= 15 is 0 Å². The molecule has 1 aliphatic rings. The highest BCUT2D eigenvalue weighted by atomic mass is 16.7. The summed E-state index contributed by atoms with van der Waals surface area (Å²) in [5.74, 6) is 0. The lowest BCUT2D eigenvalue weighted by atomic mass is 9.75. The van der Waals surface area contributed by atoms with Crippen LogP contribution in [0.4, 0.5) is 0 Å². The molecule has 1 aromatic heterocycles. The summed E-state index contributed by atoms with van der Waals surface area (Å²) in [5, 5.41) is 2.47. The zero-order valence-corrected chi connectivity index (χ0v) is 33.7. The summed E-state index contributed by atoms with van der Waals surface area (Å²) in [4.78, 5) is 0. The first-order valence-electron chi connectivity index (χ1n) is 18.9. The second-order valence-corrected chi connectivity index (χ2v) is 19.1. The minimum atomic E-state index is -0.454. The summed E-state index contributed by atoms with van der Waals surface area (Å²) in [5.41, 5.74) is 12.6. The van der Waals surface area contributed by atoms with Crippen LogP contribution < -0.4 is 5.46 Å². The Morgan fingerprint density at radius 3 is 1.21 bits per heavy atom. The van der Waals surface area contributed by atoms with Gasteiger partial charge in [0.25, 0.3) is 0 Å². The zero-order chi connectivity index (χ0) is 37.6. The fourth-order valence-corrected chi connectivity index (χ4v) is 7.30. The first-order valence-corrected chi connectivity index (χ1v) is 18.9. The molecule has 1 saturated heterocycles. The van der Waals surface area contributed by atoms with Crippen molar-refractivity contribution in [2.45, 2.75) is 117 Å². The lowest BCUT2D eigenvalue weighted by Gasteiger charge is -2.32. The molecule has 0 radical (unpaired) electrons. The molecule has 3 nitrogen and oxygen atoms in total. The Morgan fingerprint density at radius 2 is 0.827 bits per heavy atom. The van der Waals surface area contributed by atoms with Crippen molar-refractivity contribution in [1.29, 1.82) is 0 Å². The second-order valence-electron chi connectivity index (χ2n) is 19.1. The van der Waals surface area contributed by atoms with Crippen molar-refractivity contribution >= 4 is 34.4 Å². The number of hydrogen-bond acceptors (Lipinski definition) is 2. The maximum atomic E-state index is 6.62. The molecule has 2 heterocycles. The Labute approximate surface area is 312 Å². The molecule has 52 heavy (non-hydrogen) atoms. The topological polar surface area (TPSA) is 23.4 Å². The molecule has 1 aliphatic heterocycles. The van der Waals surface area contributed by atoms with Gasteiger partial charge >= 0.3 is 7.12 Å². The third-order valence-electron chi connectivity index (χ3n) is 11.5. The van der Waals surface area contributed by atoms with Gasteiger partial charge < -0.3 is 13.9 Å². The van der Waals surface area contributed by atoms with E-state index in [1.54, 1.807) is 0 Å². The van der Waals surface area contributed by atoms with E-state index in [0.717, 1.165) is 11.2 Å². The Bertz CT molecular complexity index is 2150. The minimum absolute atomic E-state index is 0.0774. The highest BCUT2D eigenvalue weighted by molar-refractivity contribution is 6.62. The van der Waals surface area contributed by atoms with Crippen LogP contribution in [0.15, 0.2) is 103 Å². The minimum Gasteiger partial charge on any atom is -0.399 e. The van der Waals surface area contributed by atoms with Crippen LogP contribution >= 0.6 is 0 Å². The third kappa shape index (κ3) is 6.54. The van der Waals surface area contributed by atoms with Gasteiger partial charge in [-0.2, -0.15) is 0 Å². The highest BCUT2D eigenvalue weighted by Crippen LogP contribution is 2.40. The fraction of sp³-hybridized carbons (Fsp3) is 0.375. The molecular formula is C48H56BNO2. The van der Waals surface area contributed by atoms with Gasteiger partial charge in [0.15, 0.2) is 0 Å². The molecule has 6 aromatic rings. The van der Waals surface area contributed by atoms with Crippen molar-refractivity contribution in [3.63, 3.8) is 0 Å². The van der Waals surface area contributed by atoms with Gasteiger partial charge in [-0.25, -0.2) is 0 Å². The van der Waals surface area contributed by atoms with Gasteiger partial charge in [0.1, 0.15) is 0 Å². The van der Waals surface area contributed by atoms with Crippen molar-refractivity contribution in [1.82, 2.24) is 4.57 Å². The van der Waals surface area contributed by atoms with Crippen molar-refractivity contribution in [2.24, 2.45) is 0 Å². The van der Waals surface area contributed by atoms with Gasteiger partial charge in [-0.05, 0) is 125 Å². The first-order chi connectivity index (χ1) is 24.1. The smallest absolute Gasteiger partial charge is 0.399 e. The first kappa shape index (κ1) is 36.3. The number of rotatable bonds is 4. The standard InChI is InChI=1S/C48H56BNO2/c1-44(2,3)35-20-14-31(15-21-35)33-18-24-42-40(26-33)41-27-34(32-16-22-36(23-17-32)45(4,5)6)19-25-43(41)50(42)39-29-37(46(7,8)9)28-38(30-39)49-51-47(10,11)48(12,13)52-49/h14-30H,1-13H3. The van der Waals surface area contributed by atoms with E-state index in [0.29, 0.717) is 0 Å². The molecule has 0 unspecified atom stereocenters. The molecule has 0 atom stereocenters. The van der Waals surface area contributed by atoms with Crippen molar-refractivity contribution in [3.05, 3.63) is 120 Å². The van der Waals surface area contributed by atoms with Crippen LogP contribution in [-0.4, -0.2) is 22.9 Å². The predicted molar refractivity (Wildman–Crippen MR) is 223 cm³/mol. The van der Waals surface area contributed by atoms with E-state index in [9.17, 15) is 0 Å². The molecular weight excluding hydrogens is 633 g/mol. The average molecular weight is 690 g/mol. The molecule has 0 N–H and O–H groups in total. The summed E-state index contributed by atoms with van der Waals surface area (Å²) < 4.78 is 15.7. The summed E-state index contributed by atoms with van der Waals surface area (Å²) in [7, 11) is -0.454. The molecule has 268 valence electrons. The molecule has 1 fully saturated rings. The molecule has 5 aromatic carbocycles. The van der Waals surface area contributed by atoms with Crippen LogP contribution in [-0.2, 0) is 25.6 Å². The summed E-state index contributed by atoms with van der Waals surface area (Å²) >= 11 is 0. The lowest BCUT2D eigenvalue weighted by Crippen LogP contribution is -2.41. The van der Waals surface area contributed by atoms with Gasteiger partial charge in [0.05, 0.1) is 22.2 Å². The van der Waals surface area contributed by atoms with E-state index in [2.05, 4.69) is 198 Å². The van der Waals surface area contributed by atoms with Crippen LogP contribution in [0.1, 0.15) is 107 Å². The SMILES string of the molecule is CC(C)(C)c1ccc(-c2ccc3c(c2)c2cc(-c4ccc(C(C)(C)C)cc4)ccc2n3-c2cc(B3OC(C)(C)C(C)(C)O3)cc(C(C)(C)C)c2)cc1. The molecule has 0 aliphatic carbocycles. The molecule has 0 amide bonds. The van der Waals surface area contributed by atoms with Gasteiger partial charge in [-0.15, -0.1) is 0 Å². The number of hydrogen-bond donors (Lipinski definition) is 0. The van der Waals surface area contributed by atoms with Gasteiger partial charge in [0.2, 0.25) is 0 Å². The summed E-state index contributed by atoms with van der Waals surface area (Å²) in [6.45, 7) is 28.9. The predicted octanol–water partition coefficient (Wildman–Crippen LogP) is 12.3. The number of nitrogens with zero attached hydrogens (tertiary/aromatic N) is 1. The van der Waals surface area contributed by atoms with Crippen molar-refractivity contribution in [3.8, 4) is 27.9 Å². The fourth-order valence-electron chi connectivity index (χ4n) is 7.30. The second kappa shape index (κ2) is 12.2.